The van der Waals surface area contributed by atoms with Gasteiger partial charge >= 0.3 is 0 Å². The molecule has 0 fully saturated rings. The molecule has 2 aromatic rings. The number of ether oxygens (including phenoxy) is 1. The van der Waals surface area contributed by atoms with Crippen molar-refractivity contribution in [3.63, 3.8) is 0 Å². The minimum Gasteiger partial charge on any atom is -0.481 e. The first-order chi connectivity index (χ1) is 10.2. The van der Waals surface area contributed by atoms with E-state index in [9.17, 15) is 0 Å². The smallest absolute Gasteiger partial charge is 0.212 e. The van der Waals surface area contributed by atoms with Crippen LogP contribution in [0.15, 0.2) is 35.5 Å². The molecule has 0 aliphatic heterocycles. The van der Waals surface area contributed by atoms with E-state index < -0.39 is 0 Å². The largest absolute Gasteiger partial charge is 0.481 e. The highest BCUT2D eigenvalue weighted by Gasteiger charge is 2.01. The lowest BCUT2D eigenvalue weighted by molar-refractivity contribution is 0.397. The lowest BCUT2D eigenvalue weighted by Gasteiger charge is -2.11. The fourth-order valence-corrected chi connectivity index (χ4v) is 2.62. The summed E-state index contributed by atoms with van der Waals surface area (Å²) in [6.45, 7) is 3.55. The van der Waals surface area contributed by atoms with Crippen LogP contribution in [0.2, 0.25) is 0 Å². The second kappa shape index (κ2) is 7.64. The molecule has 0 aromatic carbocycles. The summed E-state index contributed by atoms with van der Waals surface area (Å²) in [7, 11) is 3.37. The molecule has 0 unspecified atom stereocenters. The average Bonchev–Trinajstić information content (AvgIpc) is 2.93. The van der Waals surface area contributed by atoms with Crippen molar-refractivity contribution < 1.29 is 4.74 Å². The van der Waals surface area contributed by atoms with Crippen molar-refractivity contribution in [2.24, 2.45) is 4.99 Å². The molecular weight excluding hydrogens is 284 g/mol. The van der Waals surface area contributed by atoms with Gasteiger partial charge < -0.3 is 15.4 Å². The molecule has 6 heteroatoms. The third-order valence-electron chi connectivity index (χ3n) is 2.92. The SMILES string of the molecule is CN=C(NCc1ccc(OC)nc1)NCc1ccc(C)s1. The standard InChI is InChI=1S/C15H20N4OS/c1-11-4-6-13(21-11)10-19-15(16-2)18-9-12-5-7-14(20-3)17-8-12/h4-8H,9-10H2,1-3H3,(H2,16,18,19). The Morgan fingerprint density at radius 1 is 1.24 bits per heavy atom. The van der Waals surface area contributed by atoms with Crippen molar-refractivity contribution in [3.8, 4) is 5.88 Å². The highest BCUT2D eigenvalue weighted by atomic mass is 32.1. The van der Waals surface area contributed by atoms with E-state index in [4.69, 9.17) is 4.74 Å². The quantitative estimate of drug-likeness (QED) is 0.657. The van der Waals surface area contributed by atoms with Crippen molar-refractivity contribution in [2.75, 3.05) is 14.2 Å². The fourth-order valence-electron chi connectivity index (χ4n) is 1.79. The van der Waals surface area contributed by atoms with Gasteiger partial charge in [0, 0.05) is 35.6 Å². The predicted molar refractivity (Wildman–Crippen MR) is 86.9 cm³/mol. The first-order valence-electron chi connectivity index (χ1n) is 6.70. The van der Waals surface area contributed by atoms with Crippen LogP contribution in [0.25, 0.3) is 0 Å². The first-order valence-corrected chi connectivity index (χ1v) is 7.51. The first kappa shape index (κ1) is 15.3. The second-order valence-electron chi connectivity index (χ2n) is 4.50. The Morgan fingerprint density at radius 3 is 2.62 bits per heavy atom. The molecule has 0 spiro atoms. The highest BCUT2D eigenvalue weighted by molar-refractivity contribution is 7.11. The van der Waals surface area contributed by atoms with Gasteiger partial charge in [-0.15, -0.1) is 11.3 Å². The number of guanidine groups is 1. The Labute approximate surface area is 129 Å². The molecule has 0 radical (unpaired) electrons. The molecule has 21 heavy (non-hydrogen) atoms. The van der Waals surface area contributed by atoms with Crippen molar-refractivity contribution in [1.82, 2.24) is 15.6 Å². The number of nitrogens with one attached hydrogen (secondary N) is 2. The van der Waals surface area contributed by atoms with Crippen LogP contribution in [0, 0.1) is 6.92 Å². The molecule has 0 amide bonds. The summed E-state index contributed by atoms with van der Waals surface area (Å²) in [5.74, 6) is 1.39. The van der Waals surface area contributed by atoms with Crippen LogP contribution >= 0.6 is 11.3 Å². The molecular formula is C15H20N4OS. The van der Waals surface area contributed by atoms with Gasteiger partial charge in [-0.1, -0.05) is 6.07 Å². The molecule has 5 nitrogen and oxygen atoms in total. The second-order valence-corrected chi connectivity index (χ2v) is 5.87. The molecule has 0 aliphatic rings. The van der Waals surface area contributed by atoms with E-state index in [1.165, 1.54) is 9.75 Å². The van der Waals surface area contributed by atoms with Gasteiger partial charge in [-0.05, 0) is 24.6 Å². The summed E-state index contributed by atoms with van der Waals surface area (Å²) in [4.78, 5) is 11.0. The van der Waals surface area contributed by atoms with Gasteiger partial charge in [-0.3, -0.25) is 4.99 Å². The Kier molecular flexibility index (Phi) is 5.57. The third kappa shape index (κ3) is 4.75. The van der Waals surface area contributed by atoms with Crippen LogP contribution in [0.4, 0.5) is 0 Å². The summed E-state index contributed by atoms with van der Waals surface area (Å²) < 4.78 is 5.04. The lowest BCUT2D eigenvalue weighted by Crippen LogP contribution is -2.36. The van der Waals surface area contributed by atoms with E-state index in [1.807, 2.05) is 12.1 Å². The molecule has 0 saturated heterocycles. The van der Waals surface area contributed by atoms with E-state index in [-0.39, 0.29) is 0 Å². The molecule has 0 bridgehead atoms. The van der Waals surface area contributed by atoms with Gasteiger partial charge in [0.05, 0.1) is 13.7 Å². The predicted octanol–water partition coefficient (Wildman–Crippen LogP) is 2.33. The van der Waals surface area contributed by atoms with Gasteiger partial charge in [-0.2, -0.15) is 0 Å². The van der Waals surface area contributed by atoms with E-state index in [0.717, 1.165) is 18.1 Å². The lowest BCUT2D eigenvalue weighted by atomic mass is 10.3. The number of pyridine rings is 1. The summed E-state index contributed by atoms with van der Waals surface area (Å²) in [5.41, 5.74) is 1.07. The summed E-state index contributed by atoms with van der Waals surface area (Å²) in [6.07, 6.45) is 1.79. The van der Waals surface area contributed by atoms with Gasteiger partial charge in [-0.25, -0.2) is 4.98 Å². The Bertz CT molecular complexity index is 592. The minimum atomic E-state index is 0.620. The Morgan fingerprint density at radius 2 is 2.05 bits per heavy atom. The normalized spacial score (nSPS) is 11.3. The summed E-state index contributed by atoms with van der Waals surface area (Å²) >= 11 is 1.79. The number of hydrogen-bond donors (Lipinski definition) is 2. The minimum absolute atomic E-state index is 0.620. The fraction of sp³-hybridized carbons (Fsp3) is 0.333. The molecule has 2 rings (SSSR count). The van der Waals surface area contributed by atoms with E-state index in [1.54, 1.807) is 31.7 Å². The van der Waals surface area contributed by atoms with Crippen LogP contribution in [0.1, 0.15) is 15.3 Å². The maximum absolute atomic E-state index is 5.04. The molecule has 112 valence electrons. The molecule has 2 heterocycles. The van der Waals surface area contributed by atoms with E-state index >= 15 is 0 Å². The van der Waals surface area contributed by atoms with Gasteiger partial charge in [0.15, 0.2) is 5.96 Å². The van der Waals surface area contributed by atoms with Crippen molar-refractivity contribution in [2.45, 2.75) is 20.0 Å². The number of aryl methyl sites for hydroxylation is 1. The topological polar surface area (TPSA) is 58.5 Å². The number of hydrogen-bond acceptors (Lipinski definition) is 4. The Hall–Kier alpha value is -2.08. The van der Waals surface area contributed by atoms with Crippen LogP contribution in [0.5, 0.6) is 5.88 Å². The van der Waals surface area contributed by atoms with Crippen LogP contribution < -0.4 is 15.4 Å². The zero-order valence-electron chi connectivity index (χ0n) is 12.5. The third-order valence-corrected chi connectivity index (χ3v) is 3.92. The molecule has 0 saturated carbocycles. The average molecular weight is 304 g/mol. The van der Waals surface area contributed by atoms with Gasteiger partial charge in [0.25, 0.3) is 0 Å². The van der Waals surface area contributed by atoms with Crippen molar-refractivity contribution >= 4 is 17.3 Å². The maximum Gasteiger partial charge on any atom is 0.212 e. The monoisotopic (exact) mass is 304 g/mol. The molecule has 2 aromatic heterocycles. The molecule has 0 atom stereocenters. The maximum atomic E-state index is 5.04. The highest BCUT2D eigenvalue weighted by Crippen LogP contribution is 2.14. The van der Waals surface area contributed by atoms with Gasteiger partial charge in [0.1, 0.15) is 0 Å². The number of methoxy groups -OCH3 is 1. The summed E-state index contributed by atoms with van der Waals surface area (Å²) in [5, 5.41) is 6.56. The Balaban J connectivity index is 1.81. The number of rotatable bonds is 5. The van der Waals surface area contributed by atoms with Crippen LogP contribution in [-0.4, -0.2) is 25.1 Å². The number of aromatic nitrogens is 1. The zero-order valence-corrected chi connectivity index (χ0v) is 13.3. The van der Waals surface area contributed by atoms with Crippen molar-refractivity contribution in [1.29, 1.82) is 0 Å². The number of aliphatic imine (C=N–C) groups is 1. The zero-order chi connectivity index (χ0) is 15.1. The van der Waals surface area contributed by atoms with E-state index in [0.29, 0.717) is 12.4 Å². The van der Waals surface area contributed by atoms with Crippen LogP contribution in [-0.2, 0) is 13.1 Å². The van der Waals surface area contributed by atoms with Gasteiger partial charge in [0.2, 0.25) is 5.88 Å². The number of nitrogens with zero attached hydrogens (tertiary/aromatic N) is 2. The van der Waals surface area contributed by atoms with E-state index in [2.05, 4.69) is 39.7 Å². The molecule has 2 N–H and O–H groups in total. The van der Waals surface area contributed by atoms with Crippen LogP contribution in [0.3, 0.4) is 0 Å². The summed E-state index contributed by atoms with van der Waals surface area (Å²) in [6, 6.07) is 8.09. The van der Waals surface area contributed by atoms with Crippen molar-refractivity contribution in [3.05, 3.63) is 45.8 Å². The molecule has 0 aliphatic carbocycles. The number of thiophene rings is 1.